The van der Waals surface area contributed by atoms with Crippen LogP contribution < -0.4 is 15.8 Å². The average molecular weight is 370 g/mol. The zero-order valence-electron chi connectivity index (χ0n) is 15.0. The third kappa shape index (κ3) is 5.61. The van der Waals surface area contributed by atoms with Crippen LogP contribution in [-0.4, -0.2) is 43.0 Å². The molecule has 0 bridgehead atoms. The lowest BCUT2D eigenvalue weighted by Crippen LogP contribution is -2.38. The van der Waals surface area contributed by atoms with Gasteiger partial charge in [-0.2, -0.15) is 0 Å². The Balaban J connectivity index is 0.00000312. The molecule has 2 rings (SSSR count). The van der Waals surface area contributed by atoms with Crippen molar-refractivity contribution in [1.29, 1.82) is 0 Å². The molecule has 3 unspecified atom stereocenters. The maximum absolute atomic E-state index is 12.7. The molecule has 1 heterocycles. The van der Waals surface area contributed by atoms with Gasteiger partial charge in [0, 0.05) is 19.5 Å². The molecule has 1 aromatic rings. The highest BCUT2D eigenvalue weighted by molar-refractivity contribution is 5.85. The average Bonchev–Trinajstić information content (AvgIpc) is 2.95. The Bertz CT molecular complexity index is 579. The second-order valence-electron chi connectivity index (χ2n) is 6.46. The quantitative estimate of drug-likeness (QED) is 0.801. The molecule has 1 aromatic carbocycles. The summed E-state index contributed by atoms with van der Waals surface area (Å²) in [4.78, 5) is 26.1. The number of hydrogen-bond donors (Lipinski definition) is 2. The van der Waals surface area contributed by atoms with E-state index in [4.69, 9.17) is 10.5 Å². The van der Waals surface area contributed by atoms with Crippen molar-refractivity contribution in [2.75, 3.05) is 20.2 Å². The number of carbonyl (C=O) groups is 2. The number of nitrogens with one attached hydrogen (secondary N) is 1. The molecule has 0 radical (unpaired) electrons. The van der Waals surface area contributed by atoms with E-state index in [-0.39, 0.29) is 42.7 Å². The van der Waals surface area contributed by atoms with E-state index in [2.05, 4.69) is 5.32 Å². The number of likely N-dealkylation sites (tertiary alicyclic amines) is 1. The number of nitrogens with two attached hydrogens (primary N) is 1. The first-order chi connectivity index (χ1) is 11.4. The zero-order chi connectivity index (χ0) is 17.7. The molecular weight excluding hydrogens is 342 g/mol. The van der Waals surface area contributed by atoms with Crippen molar-refractivity contribution in [1.82, 2.24) is 10.2 Å². The topological polar surface area (TPSA) is 84.7 Å². The van der Waals surface area contributed by atoms with Gasteiger partial charge in [0.1, 0.15) is 5.75 Å². The number of hydrogen-bond acceptors (Lipinski definition) is 4. The summed E-state index contributed by atoms with van der Waals surface area (Å²) in [6, 6.07) is 7.27. The number of nitrogens with zero attached hydrogens (tertiary/aromatic N) is 1. The summed E-state index contributed by atoms with van der Waals surface area (Å²) >= 11 is 0. The Hall–Kier alpha value is -1.79. The van der Waals surface area contributed by atoms with Crippen molar-refractivity contribution in [2.24, 2.45) is 11.7 Å². The number of carbonyl (C=O) groups excluding carboxylic acids is 2. The van der Waals surface area contributed by atoms with Crippen LogP contribution in [0.3, 0.4) is 0 Å². The number of methoxy groups -OCH3 is 1. The molecule has 140 valence electrons. The third-order valence-electron chi connectivity index (χ3n) is 4.59. The predicted molar refractivity (Wildman–Crippen MR) is 99.8 cm³/mol. The van der Waals surface area contributed by atoms with Crippen molar-refractivity contribution in [2.45, 2.75) is 38.8 Å². The molecule has 0 aliphatic carbocycles. The SMILES string of the molecule is COc1ccc(C(CC(=O)N2CC(CN)CC2C)NC(C)=O)cc1.Cl. The summed E-state index contributed by atoms with van der Waals surface area (Å²) in [5.74, 6) is 1.00. The lowest BCUT2D eigenvalue weighted by atomic mass is 10.0. The predicted octanol–water partition coefficient (Wildman–Crippen LogP) is 1.88. The van der Waals surface area contributed by atoms with Crippen molar-refractivity contribution < 1.29 is 14.3 Å². The van der Waals surface area contributed by atoms with E-state index in [1.165, 1.54) is 6.92 Å². The smallest absolute Gasteiger partial charge is 0.225 e. The highest BCUT2D eigenvalue weighted by Crippen LogP contribution is 2.26. The molecule has 0 aromatic heterocycles. The molecule has 7 heteroatoms. The van der Waals surface area contributed by atoms with Crippen LogP contribution in [0.5, 0.6) is 5.75 Å². The molecule has 1 aliphatic heterocycles. The molecule has 1 fully saturated rings. The van der Waals surface area contributed by atoms with Crippen molar-refractivity contribution >= 4 is 24.2 Å². The molecule has 3 N–H and O–H groups in total. The Morgan fingerprint density at radius 1 is 1.36 bits per heavy atom. The molecular formula is C18H28ClN3O3. The van der Waals surface area contributed by atoms with Gasteiger partial charge in [-0.3, -0.25) is 9.59 Å². The highest BCUT2D eigenvalue weighted by atomic mass is 35.5. The third-order valence-corrected chi connectivity index (χ3v) is 4.59. The van der Waals surface area contributed by atoms with Gasteiger partial charge >= 0.3 is 0 Å². The lowest BCUT2D eigenvalue weighted by Gasteiger charge is -2.25. The van der Waals surface area contributed by atoms with E-state index in [0.29, 0.717) is 19.0 Å². The van der Waals surface area contributed by atoms with Crippen LogP contribution in [0.25, 0.3) is 0 Å². The summed E-state index contributed by atoms with van der Waals surface area (Å²) in [5.41, 5.74) is 6.63. The van der Waals surface area contributed by atoms with Gasteiger partial charge in [0.05, 0.1) is 19.6 Å². The molecule has 1 aliphatic rings. The standard InChI is InChI=1S/C18H27N3O3.ClH/c1-12-8-14(10-19)11-21(12)18(23)9-17(20-13(2)22)15-4-6-16(24-3)7-5-15;/h4-7,12,14,17H,8-11,19H2,1-3H3,(H,20,22);1H. The van der Waals surface area contributed by atoms with E-state index < -0.39 is 0 Å². The van der Waals surface area contributed by atoms with Crippen LogP contribution in [0.15, 0.2) is 24.3 Å². The number of halogens is 1. The normalized spacial score (nSPS) is 20.6. The second-order valence-corrected chi connectivity index (χ2v) is 6.46. The molecule has 0 saturated carbocycles. The highest BCUT2D eigenvalue weighted by Gasteiger charge is 2.32. The first-order valence-corrected chi connectivity index (χ1v) is 8.35. The first-order valence-electron chi connectivity index (χ1n) is 8.35. The number of amides is 2. The van der Waals surface area contributed by atoms with Crippen LogP contribution >= 0.6 is 12.4 Å². The maximum Gasteiger partial charge on any atom is 0.225 e. The van der Waals surface area contributed by atoms with Crippen molar-refractivity contribution in [3.05, 3.63) is 29.8 Å². The summed E-state index contributed by atoms with van der Waals surface area (Å²) in [6.45, 7) is 4.81. The first kappa shape index (κ1) is 21.3. The van der Waals surface area contributed by atoms with Crippen LogP contribution in [-0.2, 0) is 9.59 Å². The van der Waals surface area contributed by atoms with E-state index in [0.717, 1.165) is 17.7 Å². The van der Waals surface area contributed by atoms with Gasteiger partial charge in [-0.15, -0.1) is 12.4 Å². The van der Waals surface area contributed by atoms with Gasteiger partial charge in [0.25, 0.3) is 0 Å². The number of rotatable bonds is 6. The Morgan fingerprint density at radius 2 is 2.00 bits per heavy atom. The maximum atomic E-state index is 12.7. The largest absolute Gasteiger partial charge is 0.497 e. The minimum absolute atomic E-state index is 0. The van der Waals surface area contributed by atoms with Crippen LogP contribution in [0.2, 0.25) is 0 Å². The van der Waals surface area contributed by atoms with Crippen molar-refractivity contribution in [3.8, 4) is 5.75 Å². The fraction of sp³-hybridized carbons (Fsp3) is 0.556. The monoisotopic (exact) mass is 369 g/mol. The van der Waals surface area contributed by atoms with Gasteiger partial charge in [-0.1, -0.05) is 12.1 Å². The zero-order valence-corrected chi connectivity index (χ0v) is 15.8. The van der Waals surface area contributed by atoms with E-state index in [1.54, 1.807) is 7.11 Å². The van der Waals surface area contributed by atoms with Gasteiger partial charge < -0.3 is 20.7 Å². The minimum Gasteiger partial charge on any atom is -0.497 e. The minimum atomic E-state index is -0.343. The Kier molecular flexibility index (Phi) is 8.19. The molecule has 0 spiro atoms. The van der Waals surface area contributed by atoms with Gasteiger partial charge in [-0.05, 0) is 43.5 Å². The van der Waals surface area contributed by atoms with Gasteiger partial charge in [-0.25, -0.2) is 0 Å². The van der Waals surface area contributed by atoms with Crippen LogP contribution in [0.1, 0.15) is 38.3 Å². The van der Waals surface area contributed by atoms with E-state index in [9.17, 15) is 9.59 Å². The Labute approximate surface area is 155 Å². The molecule has 6 nitrogen and oxygen atoms in total. The summed E-state index contributed by atoms with van der Waals surface area (Å²) < 4.78 is 5.16. The van der Waals surface area contributed by atoms with Gasteiger partial charge in [0.2, 0.25) is 11.8 Å². The molecule has 2 amide bonds. The summed E-state index contributed by atoms with van der Waals surface area (Å²) in [5, 5.41) is 2.88. The van der Waals surface area contributed by atoms with Crippen LogP contribution in [0.4, 0.5) is 0 Å². The van der Waals surface area contributed by atoms with Gasteiger partial charge in [0.15, 0.2) is 0 Å². The molecule has 25 heavy (non-hydrogen) atoms. The summed E-state index contributed by atoms with van der Waals surface area (Å²) in [7, 11) is 1.60. The molecule has 1 saturated heterocycles. The van der Waals surface area contributed by atoms with Crippen LogP contribution in [0, 0.1) is 5.92 Å². The summed E-state index contributed by atoms with van der Waals surface area (Å²) in [6.07, 6.45) is 1.18. The number of ether oxygens (including phenoxy) is 1. The lowest BCUT2D eigenvalue weighted by molar-refractivity contribution is -0.132. The molecule has 3 atom stereocenters. The van der Waals surface area contributed by atoms with Crippen molar-refractivity contribution in [3.63, 3.8) is 0 Å². The fourth-order valence-electron chi connectivity index (χ4n) is 3.29. The number of benzene rings is 1. The van der Waals surface area contributed by atoms with E-state index in [1.807, 2.05) is 36.1 Å². The fourth-order valence-corrected chi connectivity index (χ4v) is 3.29. The second kappa shape index (κ2) is 9.63. The van der Waals surface area contributed by atoms with E-state index >= 15 is 0 Å². The Morgan fingerprint density at radius 3 is 2.48 bits per heavy atom.